The third kappa shape index (κ3) is 5.17. The number of aryl methyl sites for hydroxylation is 1. The highest BCUT2D eigenvalue weighted by Gasteiger charge is 2.13. The summed E-state index contributed by atoms with van der Waals surface area (Å²) >= 11 is 3.49. The molecule has 7 nitrogen and oxygen atoms in total. The number of amides is 2. The number of pyridine rings is 1. The van der Waals surface area contributed by atoms with Crippen molar-refractivity contribution in [3.05, 3.63) is 81.8 Å². The Morgan fingerprint density at radius 3 is 2.72 bits per heavy atom. The van der Waals surface area contributed by atoms with E-state index in [2.05, 4.69) is 41.3 Å². The van der Waals surface area contributed by atoms with Crippen molar-refractivity contribution in [1.29, 1.82) is 0 Å². The van der Waals surface area contributed by atoms with E-state index in [1.807, 2.05) is 50.2 Å². The van der Waals surface area contributed by atoms with Gasteiger partial charge in [-0.3, -0.25) is 14.6 Å². The zero-order chi connectivity index (χ0) is 20.8. The molecule has 29 heavy (non-hydrogen) atoms. The average molecular weight is 454 g/mol. The molecule has 2 heterocycles. The van der Waals surface area contributed by atoms with Gasteiger partial charge in [0.1, 0.15) is 0 Å². The molecular formula is C21H20BrN5O2. The zero-order valence-electron chi connectivity index (χ0n) is 16.0. The average Bonchev–Trinajstić information content (AvgIpc) is 3.00. The summed E-state index contributed by atoms with van der Waals surface area (Å²) < 4.78 is 3.08. The van der Waals surface area contributed by atoms with Crippen molar-refractivity contribution in [2.45, 2.75) is 20.4 Å². The lowest BCUT2D eigenvalue weighted by Crippen LogP contribution is -2.37. The monoisotopic (exact) mass is 453 g/mol. The van der Waals surface area contributed by atoms with Gasteiger partial charge in [0.15, 0.2) is 0 Å². The maximum Gasteiger partial charge on any atom is 0.329 e. The largest absolute Gasteiger partial charge is 0.344 e. The molecule has 3 rings (SSSR count). The Balaban J connectivity index is 1.62. The number of rotatable bonds is 5. The summed E-state index contributed by atoms with van der Waals surface area (Å²) in [7, 11) is 0. The molecule has 0 fully saturated rings. The van der Waals surface area contributed by atoms with Gasteiger partial charge in [-0.05, 0) is 49.7 Å². The topological polar surface area (TPSA) is 88.4 Å². The van der Waals surface area contributed by atoms with Crippen LogP contribution in [0, 0.1) is 13.8 Å². The van der Waals surface area contributed by atoms with Gasteiger partial charge in [0.05, 0.1) is 6.21 Å². The fraction of sp³-hybridized carbons (Fsp3) is 0.143. The number of benzene rings is 1. The number of carbonyl (C=O) groups is 2. The predicted molar refractivity (Wildman–Crippen MR) is 115 cm³/mol. The SMILES string of the molecule is Cc1cc(/C=N\NC(=O)C(=O)NCc2cccnc2)c(C)n1-c1cccc(Br)c1. The first-order valence-corrected chi connectivity index (χ1v) is 9.70. The second kappa shape index (κ2) is 9.29. The van der Waals surface area contributed by atoms with Gasteiger partial charge in [-0.15, -0.1) is 0 Å². The highest BCUT2D eigenvalue weighted by atomic mass is 79.9. The first-order chi connectivity index (χ1) is 14.0. The quantitative estimate of drug-likeness (QED) is 0.353. The molecule has 2 amide bonds. The third-order valence-corrected chi connectivity index (χ3v) is 4.78. The molecule has 0 aliphatic carbocycles. The fourth-order valence-electron chi connectivity index (χ4n) is 2.91. The standard InChI is InChI=1S/C21H20BrN5O2/c1-14-9-17(15(2)27(14)19-7-3-6-18(22)10-19)13-25-26-21(29)20(28)24-12-16-5-4-8-23-11-16/h3-11,13H,12H2,1-2H3,(H,24,28)(H,26,29)/b25-13-. The van der Waals surface area contributed by atoms with Crippen LogP contribution in [0.5, 0.6) is 0 Å². The maximum absolute atomic E-state index is 11.9. The molecule has 3 aromatic rings. The van der Waals surface area contributed by atoms with Gasteiger partial charge in [0.25, 0.3) is 0 Å². The molecule has 0 atom stereocenters. The molecule has 0 spiro atoms. The molecule has 0 aliphatic rings. The molecule has 2 aromatic heterocycles. The smallest absolute Gasteiger partial charge is 0.329 e. The van der Waals surface area contributed by atoms with E-state index < -0.39 is 11.8 Å². The van der Waals surface area contributed by atoms with Crippen LogP contribution in [0.3, 0.4) is 0 Å². The fourth-order valence-corrected chi connectivity index (χ4v) is 3.29. The number of halogens is 1. The van der Waals surface area contributed by atoms with Gasteiger partial charge in [-0.1, -0.05) is 28.1 Å². The summed E-state index contributed by atoms with van der Waals surface area (Å²) in [5, 5.41) is 6.45. The number of hydrogen-bond acceptors (Lipinski definition) is 4. The summed E-state index contributed by atoms with van der Waals surface area (Å²) in [5.41, 5.74) is 6.93. The first-order valence-electron chi connectivity index (χ1n) is 8.90. The minimum absolute atomic E-state index is 0.220. The molecule has 0 unspecified atom stereocenters. The van der Waals surface area contributed by atoms with Crippen molar-refractivity contribution < 1.29 is 9.59 Å². The molecule has 148 valence electrons. The lowest BCUT2D eigenvalue weighted by atomic mass is 10.2. The van der Waals surface area contributed by atoms with Crippen molar-refractivity contribution in [2.75, 3.05) is 0 Å². The Labute approximate surface area is 177 Å². The van der Waals surface area contributed by atoms with Gasteiger partial charge in [0.2, 0.25) is 0 Å². The van der Waals surface area contributed by atoms with Crippen molar-refractivity contribution in [2.24, 2.45) is 5.10 Å². The van der Waals surface area contributed by atoms with Crippen LogP contribution in [-0.2, 0) is 16.1 Å². The van der Waals surface area contributed by atoms with Crippen molar-refractivity contribution in [3.63, 3.8) is 0 Å². The Morgan fingerprint density at radius 1 is 1.17 bits per heavy atom. The number of hydrazone groups is 1. The molecule has 8 heteroatoms. The van der Waals surface area contributed by atoms with Crippen molar-refractivity contribution in [3.8, 4) is 5.69 Å². The van der Waals surface area contributed by atoms with Gasteiger partial charge in [-0.25, -0.2) is 5.43 Å². The second-order valence-corrected chi connectivity index (χ2v) is 7.30. The summed E-state index contributed by atoms with van der Waals surface area (Å²) in [6.45, 7) is 4.19. The first kappa shape index (κ1) is 20.5. The second-order valence-electron chi connectivity index (χ2n) is 6.38. The lowest BCUT2D eigenvalue weighted by molar-refractivity contribution is -0.139. The van der Waals surface area contributed by atoms with Crippen LogP contribution in [-0.4, -0.2) is 27.6 Å². The molecule has 2 N–H and O–H groups in total. The van der Waals surface area contributed by atoms with E-state index in [0.29, 0.717) is 0 Å². The summed E-state index contributed by atoms with van der Waals surface area (Å²) in [5.74, 6) is -1.59. The zero-order valence-corrected chi connectivity index (χ0v) is 17.6. The molecule has 0 saturated carbocycles. The molecule has 0 bridgehead atoms. The normalized spacial score (nSPS) is 10.9. The minimum atomic E-state index is -0.828. The van der Waals surface area contributed by atoms with Crippen LogP contribution in [0.2, 0.25) is 0 Å². The Kier molecular flexibility index (Phi) is 6.56. The number of carbonyl (C=O) groups excluding carboxylic acids is 2. The van der Waals surface area contributed by atoms with Crippen LogP contribution in [0.4, 0.5) is 0 Å². The van der Waals surface area contributed by atoms with E-state index in [4.69, 9.17) is 0 Å². The van der Waals surface area contributed by atoms with Crippen molar-refractivity contribution >= 4 is 34.0 Å². The molecule has 0 radical (unpaired) electrons. The van der Waals surface area contributed by atoms with Crippen LogP contribution in [0.25, 0.3) is 5.69 Å². The lowest BCUT2D eigenvalue weighted by Gasteiger charge is -2.09. The summed E-state index contributed by atoms with van der Waals surface area (Å²) in [6.07, 6.45) is 4.79. The predicted octanol–water partition coefficient (Wildman–Crippen LogP) is 3.02. The van der Waals surface area contributed by atoms with Gasteiger partial charge in [0, 0.05) is 46.0 Å². The van der Waals surface area contributed by atoms with Gasteiger partial charge < -0.3 is 9.88 Å². The number of aromatic nitrogens is 2. The molecule has 1 aromatic carbocycles. The Bertz CT molecular complexity index is 1060. The number of hydrogen-bond donors (Lipinski definition) is 2. The van der Waals surface area contributed by atoms with Crippen LogP contribution < -0.4 is 10.7 Å². The van der Waals surface area contributed by atoms with E-state index in [1.54, 1.807) is 18.5 Å². The molecular weight excluding hydrogens is 434 g/mol. The van der Waals surface area contributed by atoms with E-state index in [-0.39, 0.29) is 6.54 Å². The summed E-state index contributed by atoms with van der Waals surface area (Å²) in [6, 6.07) is 13.5. The van der Waals surface area contributed by atoms with Crippen LogP contribution in [0.15, 0.2) is 64.4 Å². The van der Waals surface area contributed by atoms with Crippen LogP contribution >= 0.6 is 15.9 Å². The maximum atomic E-state index is 11.9. The Hall–Kier alpha value is -3.26. The van der Waals surface area contributed by atoms with Crippen LogP contribution in [0.1, 0.15) is 22.5 Å². The molecule has 0 saturated heterocycles. The van der Waals surface area contributed by atoms with E-state index in [0.717, 1.165) is 32.7 Å². The third-order valence-electron chi connectivity index (χ3n) is 4.29. The van der Waals surface area contributed by atoms with E-state index in [9.17, 15) is 9.59 Å². The van der Waals surface area contributed by atoms with Gasteiger partial charge >= 0.3 is 11.8 Å². The molecule has 0 aliphatic heterocycles. The van der Waals surface area contributed by atoms with E-state index in [1.165, 1.54) is 6.21 Å². The Morgan fingerprint density at radius 2 is 2.00 bits per heavy atom. The highest BCUT2D eigenvalue weighted by Crippen LogP contribution is 2.22. The van der Waals surface area contributed by atoms with Gasteiger partial charge in [-0.2, -0.15) is 5.10 Å². The van der Waals surface area contributed by atoms with E-state index >= 15 is 0 Å². The minimum Gasteiger partial charge on any atom is -0.344 e. The van der Waals surface area contributed by atoms with Crippen molar-refractivity contribution in [1.82, 2.24) is 20.3 Å². The summed E-state index contributed by atoms with van der Waals surface area (Å²) in [4.78, 5) is 27.7. The highest BCUT2D eigenvalue weighted by molar-refractivity contribution is 9.10. The number of nitrogens with one attached hydrogen (secondary N) is 2. The number of nitrogens with zero attached hydrogens (tertiary/aromatic N) is 3.